The number of piperazine rings is 1. The van der Waals surface area contributed by atoms with Crippen molar-refractivity contribution in [2.75, 3.05) is 50.1 Å². The van der Waals surface area contributed by atoms with Gasteiger partial charge in [0, 0.05) is 67.6 Å². The van der Waals surface area contributed by atoms with E-state index in [-0.39, 0.29) is 21.9 Å². The maximum absolute atomic E-state index is 16.1. The average molecular weight is 536 g/mol. The fourth-order valence-electron chi connectivity index (χ4n) is 5.48. The first-order valence-corrected chi connectivity index (χ1v) is 13.3. The van der Waals surface area contributed by atoms with Crippen molar-refractivity contribution in [3.8, 4) is 0 Å². The number of fused-ring (bicyclic) bond motifs is 3. The van der Waals surface area contributed by atoms with Crippen LogP contribution >= 0.6 is 11.6 Å². The van der Waals surface area contributed by atoms with Crippen LogP contribution in [0.5, 0.6) is 0 Å². The first-order chi connectivity index (χ1) is 18.4. The van der Waals surface area contributed by atoms with Crippen molar-refractivity contribution < 1.29 is 9.50 Å². The van der Waals surface area contributed by atoms with Crippen LogP contribution in [-0.2, 0) is 0 Å². The Morgan fingerprint density at radius 2 is 1.92 bits per heavy atom. The maximum atomic E-state index is 16.1. The van der Waals surface area contributed by atoms with Gasteiger partial charge in [0.1, 0.15) is 17.1 Å². The molecule has 3 aliphatic heterocycles. The van der Waals surface area contributed by atoms with Crippen molar-refractivity contribution in [1.29, 1.82) is 0 Å². The van der Waals surface area contributed by atoms with Gasteiger partial charge in [-0.15, -0.1) is 0 Å². The number of aliphatic hydroxyl groups is 1. The molecule has 3 aliphatic rings. The number of nitrogens with one attached hydrogen (secondary N) is 1. The molecule has 0 spiro atoms. The average Bonchev–Trinajstić information content (AvgIpc) is 3.20. The number of hydrogen-bond donors (Lipinski definition) is 2. The quantitative estimate of drug-likeness (QED) is 0.360. The van der Waals surface area contributed by atoms with Crippen LogP contribution in [0.15, 0.2) is 42.4 Å². The van der Waals surface area contributed by atoms with Crippen molar-refractivity contribution >= 4 is 46.4 Å². The molecule has 5 heterocycles. The van der Waals surface area contributed by atoms with Gasteiger partial charge >= 0.3 is 0 Å². The van der Waals surface area contributed by atoms with Crippen molar-refractivity contribution in [1.82, 2.24) is 25.2 Å². The first-order valence-electron chi connectivity index (χ1n) is 13.0. The zero-order chi connectivity index (χ0) is 26.4. The molecular formula is C28H31ClFN7O. The summed E-state index contributed by atoms with van der Waals surface area (Å²) in [6, 6.07) is 6.57. The van der Waals surface area contributed by atoms with E-state index in [9.17, 15) is 5.11 Å². The molecule has 0 amide bonds. The number of allylic oxidation sites excluding steroid dienone is 1. The Balaban J connectivity index is 1.40. The zero-order valence-corrected chi connectivity index (χ0v) is 22.2. The molecule has 198 valence electrons. The summed E-state index contributed by atoms with van der Waals surface area (Å²) in [6.07, 6.45) is 10.0. The van der Waals surface area contributed by atoms with E-state index in [1.54, 1.807) is 30.6 Å². The standard InChI is InChI=1S/C28H31ClFN7O/c1-35(2)20-15-37(16-20)28-33-26-23(27(34-28)36-13-18-5-6-19(14-36)32-18)11-24(29)22(25(26)30)8-7-21(38)10-17-4-3-9-31-12-17/h3-4,7-12,18-20,32,38H,5-6,13-16H2,1-2H3/b8-7+,21-10+. The number of benzene rings is 1. The van der Waals surface area contributed by atoms with Gasteiger partial charge in [0.25, 0.3) is 0 Å². The number of pyridine rings is 1. The molecule has 8 nitrogen and oxygen atoms in total. The molecule has 1 aromatic carbocycles. The van der Waals surface area contributed by atoms with E-state index in [0.717, 1.165) is 50.4 Å². The lowest BCUT2D eigenvalue weighted by molar-refractivity contribution is 0.245. The first kappa shape index (κ1) is 25.0. The van der Waals surface area contributed by atoms with E-state index >= 15 is 4.39 Å². The minimum absolute atomic E-state index is 0.0378. The normalized spacial score (nSPS) is 22.2. The summed E-state index contributed by atoms with van der Waals surface area (Å²) in [4.78, 5) is 20.2. The third-order valence-corrected chi connectivity index (χ3v) is 8.01. The van der Waals surface area contributed by atoms with Gasteiger partial charge in [-0.05, 0) is 62.9 Å². The summed E-state index contributed by atoms with van der Waals surface area (Å²) in [5.74, 6) is 0.703. The van der Waals surface area contributed by atoms with Crippen LogP contribution in [0.3, 0.4) is 0 Å². The predicted octanol–water partition coefficient (Wildman–Crippen LogP) is 4.12. The number of hydrogen-bond acceptors (Lipinski definition) is 8. The lowest BCUT2D eigenvalue weighted by atomic mass is 10.1. The summed E-state index contributed by atoms with van der Waals surface area (Å²) in [5, 5.41) is 14.9. The number of halogens is 2. The van der Waals surface area contributed by atoms with Gasteiger partial charge < -0.3 is 25.1 Å². The third kappa shape index (κ3) is 4.81. The Hall–Kier alpha value is -3.27. The van der Waals surface area contributed by atoms with Crippen LogP contribution in [-0.4, -0.2) is 83.4 Å². The van der Waals surface area contributed by atoms with Gasteiger partial charge in [-0.3, -0.25) is 4.98 Å². The Morgan fingerprint density at radius 3 is 2.61 bits per heavy atom. The molecule has 6 rings (SSSR count). The molecule has 0 aliphatic carbocycles. The molecule has 3 fully saturated rings. The second-order valence-corrected chi connectivity index (χ2v) is 11.0. The third-order valence-electron chi connectivity index (χ3n) is 7.70. The molecule has 0 saturated carbocycles. The number of nitrogens with zero attached hydrogens (tertiary/aromatic N) is 6. The van der Waals surface area contributed by atoms with E-state index in [4.69, 9.17) is 21.6 Å². The van der Waals surface area contributed by atoms with Crippen LogP contribution in [0, 0.1) is 5.82 Å². The molecule has 2 atom stereocenters. The van der Waals surface area contributed by atoms with E-state index in [2.05, 4.69) is 39.1 Å². The SMILES string of the molecule is CN(C)C1CN(c2nc(N3CC4CCC(C3)N4)c3cc(Cl)c(/C=C/C(O)=C\c4cccnc4)c(F)c3n2)C1. The van der Waals surface area contributed by atoms with E-state index < -0.39 is 5.82 Å². The predicted molar refractivity (Wildman–Crippen MR) is 150 cm³/mol. The molecule has 2 N–H and O–H groups in total. The molecular weight excluding hydrogens is 505 g/mol. The van der Waals surface area contributed by atoms with Crippen LogP contribution < -0.4 is 15.1 Å². The largest absolute Gasteiger partial charge is 0.508 e. The summed E-state index contributed by atoms with van der Waals surface area (Å²) in [6.45, 7) is 3.21. The van der Waals surface area contributed by atoms with Crippen LogP contribution in [0.25, 0.3) is 23.1 Å². The highest BCUT2D eigenvalue weighted by Gasteiger charge is 2.36. The molecule has 38 heavy (non-hydrogen) atoms. The minimum atomic E-state index is -0.523. The van der Waals surface area contributed by atoms with E-state index in [1.807, 2.05) is 6.07 Å². The van der Waals surface area contributed by atoms with Gasteiger partial charge in [-0.2, -0.15) is 4.98 Å². The summed E-state index contributed by atoms with van der Waals surface area (Å²) >= 11 is 6.62. The fourth-order valence-corrected chi connectivity index (χ4v) is 5.74. The minimum Gasteiger partial charge on any atom is -0.508 e. The number of aliphatic hydroxyl groups excluding tert-OH is 1. The topological polar surface area (TPSA) is 80.7 Å². The highest BCUT2D eigenvalue weighted by atomic mass is 35.5. The summed E-state index contributed by atoms with van der Waals surface area (Å²) in [7, 11) is 4.12. The van der Waals surface area contributed by atoms with Gasteiger partial charge in [0.05, 0.1) is 5.02 Å². The number of anilines is 2. The van der Waals surface area contributed by atoms with E-state index in [1.165, 1.54) is 12.2 Å². The highest BCUT2D eigenvalue weighted by molar-refractivity contribution is 6.33. The monoisotopic (exact) mass is 535 g/mol. The van der Waals surface area contributed by atoms with Crippen LogP contribution in [0.2, 0.25) is 5.02 Å². The molecule has 3 saturated heterocycles. The van der Waals surface area contributed by atoms with Crippen LogP contribution in [0.1, 0.15) is 24.0 Å². The van der Waals surface area contributed by atoms with Gasteiger partial charge in [-0.25, -0.2) is 9.37 Å². The second-order valence-electron chi connectivity index (χ2n) is 10.6. The van der Waals surface area contributed by atoms with Gasteiger partial charge in [0.2, 0.25) is 5.95 Å². The lowest BCUT2D eigenvalue weighted by Crippen LogP contribution is -2.58. The van der Waals surface area contributed by atoms with Crippen molar-refractivity contribution in [2.45, 2.75) is 31.0 Å². The highest BCUT2D eigenvalue weighted by Crippen LogP contribution is 2.37. The summed E-state index contributed by atoms with van der Waals surface area (Å²) in [5.41, 5.74) is 1.15. The number of rotatable bonds is 6. The van der Waals surface area contributed by atoms with Crippen molar-refractivity contribution in [3.63, 3.8) is 0 Å². The smallest absolute Gasteiger partial charge is 0.228 e. The fraction of sp³-hybridized carbons (Fsp3) is 0.393. The van der Waals surface area contributed by atoms with E-state index in [0.29, 0.717) is 29.5 Å². The van der Waals surface area contributed by atoms with Crippen LogP contribution in [0.4, 0.5) is 16.2 Å². The van der Waals surface area contributed by atoms with Gasteiger partial charge in [-0.1, -0.05) is 17.7 Å². The number of aromatic nitrogens is 3. The zero-order valence-electron chi connectivity index (χ0n) is 21.5. The molecule has 3 aromatic rings. The second kappa shape index (κ2) is 10.1. The van der Waals surface area contributed by atoms with Gasteiger partial charge in [0.15, 0.2) is 5.82 Å². The molecule has 10 heteroatoms. The Bertz CT molecular complexity index is 1400. The van der Waals surface area contributed by atoms with Crippen molar-refractivity contribution in [2.24, 2.45) is 0 Å². The molecule has 2 bridgehead atoms. The Morgan fingerprint density at radius 1 is 1.16 bits per heavy atom. The molecule has 0 radical (unpaired) electrons. The van der Waals surface area contributed by atoms with Crippen molar-refractivity contribution in [3.05, 3.63) is 64.4 Å². The lowest BCUT2D eigenvalue weighted by Gasteiger charge is -2.43. The Labute approximate surface area is 226 Å². The number of likely N-dealkylation sites (N-methyl/N-ethyl adjacent to an activating group) is 1. The molecule has 2 unspecified atom stereocenters. The Kier molecular flexibility index (Phi) is 6.67. The molecule has 2 aromatic heterocycles. The summed E-state index contributed by atoms with van der Waals surface area (Å²) < 4.78 is 16.1. The maximum Gasteiger partial charge on any atom is 0.228 e.